The number of ether oxygens (including phenoxy) is 2. The van der Waals surface area contributed by atoms with E-state index in [2.05, 4.69) is 10.3 Å². The first-order chi connectivity index (χ1) is 13.6. The molecule has 1 aliphatic carbocycles. The molecule has 28 heavy (non-hydrogen) atoms. The maximum Gasteiger partial charge on any atom is 0.271 e. The highest BCUT2D eigenvalue weighted by atomic mass is 32.1. The Labute approximate surface area is 165 Å². The average Bonchev–Trinajstić information content (AvgIpc) is 3.11. The van der Waals surface area contributed by atoms with Crippen LogP contribution in [0.15, 0.2) is 29.2 Å². The smallest absolute Gasteiger partial charge is 0.271 e. The lowest BCUT2D eigenvalue weighted by Gasteiger charge is -2.13. The summed E-state index contributed by atoms with van der Waals surface area (Å²) >= 11 is 1.54. The van der Waals surface area contributed by atoms with Crippen molar-refractivity contribution < 1.29 is 14.3 Å². The second-order valence-corrected chi connectivity index (χ2v) is 7.67. The van der Waals surface area contributed by atoms with Crippen molar-refractivity contribution in [3.63, 3.8) is 0 Å². The number of benzene rings is 1. The number of fused-ring (bicyclic) bond motifs is 3. The van der Waals surface area contributed by atoms with E-state index in [1.807, 2.05) is 12.1 Å². The van der Waals surface area contributed by atoms with Crippen LogP contribution >= 0.6 is 11.3 Å². The molecule has 0 unspecified atom stereocenters. The number of thiazole rings is 1. The Balaban J connectivity index is 1.62. The molecule has 3 aromatic rings. The molecule has 0 radical (unpaired) electrons. The number of para-hydroxylation sites is 1. The number of hydrogen-bond acceptors (Lipinski definition) is 6. The van der Waals surface area contributed by atoms with Gasteiger partial charge in [-0.1, -0.05) is 12.1 Å². The highest BCUT2D eigenvalue weighted by Crippen LogP contribution is 2.30. The lowest BCUT2D eigenvalue weighted by atomic mass is 10.0. The number of amides is 1. The van der Waals surface area contributed by atoms with Gasteiger partial charge in [-0.15, -0.1) is 11.3 Å². The van der Waals surface area contributed by atoms with E-state index in [0.29, 0.717) is 16.5 Å². The summed E-state index contributed by atoms with van der Waals surface area (Å²) in [6, 6.07) is 5.45. The highest BCUT2D eigenvalue weighted by Gasteiger charge is 2.21. The molecular weight excluding hydrogens is 378 g/mol. The standard InChI is InChI=1S/C20H21N3O4S/c1-26-15-8-5-6-12(17(15)27-2)10-21-18(24)13-11-22-20-23(19(13)25)14-7-3-4-9-16(14)28-20/h5-6,8,11H,3-4,7,9-10H2,1-2H3,(H,21,24). The van der Waals surface area contributed by atoms with E-state index in [9.17, 15) is 9.59 Å². The predicted molar refractivity (Wildman–Crippen MR) is 107 cm³/mol. The fourth-order valence-corrected chi connectivity index (χ4v) is 4.76. The van der Waals surface area contributed by atoms with Gasteiger partial charge in [0.25, 0.3) is 11.5 Å². The number of nitrogens with zero attached hydrogens (tertiary/aromatic N) is 2. The minimum atomic E-state index is -0.451. The Morgan fingerprint density at radius 3 is 2.86 bits per heavy atom. The van der Waals surface area contributed by atoms with Crippen molar-refractivity contribution in [3.8, 4) is 11.5 Å². The number of hydrogen-bond donors (Lipinski definition) is 1. The van der Waals surface area contributed by atoms with Crippen LogP contribution in [0.4, 0.5) is 0 Å². The molecule has 1 amide bonds. The molecule has 1 aromatic carbocycles. The molecule has 8 heteroatoms. The number of nitrogens with one attached hydrogen (secondary N) is 1. The maximum absolute atomic E-state index is 13.0. The van der Waals surface area contributed by atoms with Crippen LogP contribution in [-0.2, 0) is 19.4 Å². The molecule has 0 saturated carbocycles. The Morgan fingerprint density at radius 2 is 2.07 bits per heavy atom. The molecule has 1 N–H and O–H groups in total. The van der Waals surface area contributed by atoms with Crippen molar-refractivity contribution in [1.82, 2.24) is 14.7 Å². The number of aromatic nitrogens is 2. The second-order valence-electron chi connectivity index (χ2n) is 6.61. The molecule has 2 aromatic heterocycles. The molecule has 2 heterocycles. The van der Waals surface area contributed by atoms with Gasteiger partial charge < -0.3 is 14.8 Å². The zero-order valence-corrected chi connectivity index (χ0v) is 16.6. The number of aryl methyl sites for hydroxylation is 2. The molecule has 1 aliphatic rings. The van der Waals surface area contributed by atoms with Gasteiger partial charge in [-0.25, -0.2) is 4.98 Å². The molecule has 7 nitrogen and oxygen atoms in total. The first-order valence-corrected chi connectivity index (χ1v) is 9.96. The summed E-state index contributed by atoms with van der Waals surface area (Å²) in [7, 11) is 3.11. The summed E-state index contributed by atoms with van der Waals surface area (Å²) < 4.78 is 12.3. The topological polar surface area (TPSA) is 81.9 Å². The van der Waals surface area contributed by atoms with Gasteiger partial charge in [-0.05, 0) is 31.7 Å². The number of carbonyl (C=O) groups is 1. The van der Waals surface area contributed by atoms with E-state index in [1.165, 1.54) is 11.1 Å². The average molecular weight is 399 g/mol. The third kappa shape index (κ3) is 3.13. The zero-order chi connectivity index (χ0) is 19.7. The summed E-state index contributed by atoms with van der Waals surface area (Å²) in [5.41, 5.74) is 1.51. The monoisotopic (exact) mass is 399 g/mol. The molecule has 0 bridgehead atoms. The van der Waals surface area contributed by atoms with Gasteiger partial charge in [0.05, 0.1) is 14.2 Å². The van der Waals surface area contributed by atoms with Crippen LogP contribution in [0, 0.1) is 0 Å². The van der Waals surface area contributed by atoms with Crippen LogP contribution in [-0.4, -0.2) is 29.5 Å². The highest BCUT2D eigenvalue weighted by molar-refractivity contribution is 7.17. The lowest BCUT2D eigenvalue weighted by Crippen LogP contribution is -2.31. The molecule has 4 rings (SSSR count). The number of carbonyl (C=O) groups excluding carboxylic acids is 1. The van der Waals surface area contributed by atoms with E-state index in [-0.39, 0.29) is 17.7 Å². The van der Waals surface area contributed by atoms with Gasteiger partial charge in [0.1, 0.15) is 5.56 Å². The van der Waals surface area contributed by atoms with Crippen molar-refractivity contribution in [2.24, 2.45) is 0 Å². The molecule has 0 atom stereocenters. The van der Waals surface area contributed by atoms with Gasteiger partial charge in [-0.2, -0.15) is 0 Å². The van der Waals surface area contributed by atoms with Crippen LogP contribution in [0.25, 0.3) is 4.96 Å². The molecular formula is C20H21N3O4S. The molecule has 0 spiro atoms. The van der Waals surface area contributed by atoms with E-state index >= 15 is 0 Å². The quantitative estimate of drug-likeness (QED) is 0.713. The first-order valence-electron chi connectivity index (χ1n) is 9.14. The third-order valence-electron chi connectivity index (χ3n) is 4.97. The molecule has 0 aliphatic heterocycles. The Kier molecular flexibility index (Phi) is 5.04. The van der Waals surface area contributed by atoms with Crippen molar-refractivity contribution >= 4 is 22.2 Å². The van der Waals surface area contributed by atoms with E-state index in [1.54, 1.807) is 36.0 Å². The minimum Gasteiger partial charge on any atom is -0.493 e. The summed E-state index contributed by atoms with van der Waals surface area (Å²) in [6.45, 7) is 0.211. The molecule has 146 valence electrons. The van der Waals surface area contributed by atoms with Gasteiger partial charge in [-0.3, -0.25) is 14.0 Å². The Hall–Kier alpha value is -2.87. The molecule has 0 fully saturated rings. The fraction of sp³-hybridized carbons (Fsp3) is 0.350. The van der Waals surface area contributed by atoms with Gasteiger partial charge in [0, 0.05) is 28.9 Å². The van der Waals surface area contributed by atoms with Gasteiger partial charge in [0.15, 0.2) is 16.5 Å². The van der Waals surface area contributed by atoms with Crippen LogP contribution < -0.4 is 20.3 Å². The summed E-state index contributed by atoms with van der Waals surface area (Å²) in [5.74, 6) is 0.692. The van der Waals surface area contributed by atoms with Crippen LogP contribution in [0.1, 0.15) is 39.3 Å². The normalized spacial score (nSPS) is 13.2. The third-order valence-corrected chi connectivity index (χ3v) is 6.13. The van der Waals surface area contributed by atoms with Crippen molar-refractivity contribution in [2.75, 3.05) is 14.2 Å². The van der Waals surface area contributed by atoms with Crippen molar-refractivity contribution in [3.05, 3.63) is 56.4 Å². The first kappa shape index (κ1) is 18.5. The van der Waals surface area contributed by atoms with Crippen molar-refractivity contribution in [2.45, 2.75) is 32.2 Å². The predicted octanol–water partition coefficient (Wildman–Crippen LogP) is 2.58. The maximum atomic E-state index is 13.0. The second kappa shape index (κ2) is 7.63. The summed E-state index contributed by atoms with van der Waals surface area (Å²) in [5, 5.41) is 2.79. The van der Waals surface area contributed by atoms with Crippen molar-refractivity contribution in [1.29, 1.82) is 0 Å². The Morgan fingerprint density at radius 1 is 1.25 bits per heavy atom. The van der Waals surface area contributed by atoms with Crippen LogP contribution in [0.2, 0.25) is 0 Å². The largest absolute Gasteiger partial charge is 0.493 e. The van der Waals surface area contributed by atoms with Crippen LogP contribution in [0.3, 0.4) is 0 Å². The van der Waals surface area contributed by atoms with E-state index in [0.717, 1.165) is 36.9 Å². The number of rotatable bonds is 5. The van der Waals surface area contributed by atoms with Gasteiger partial charge in [0.2, 0.25) is 0 Å². The summed E-state index contributed by atoms with van der Waals surface area (Å²) in [6.07, 6.45) is 5.38. The van der Waals surface area contributed by atoms with Gasteiger partial charge >= 0.3 is 0 Å². The number of methoxy groups -OCH3 is 2. The fourth-order valence-electron chi connectivity index (χ4n) is 3.59. The summed E-state index contributed by atoms with van der Waals surface area (Å²) in [4.78, 5) is 31.9. The zero-order valence-electron chi connectivity index (χ0n) is 15.8. The molecule has 0 saturated heterocycles. The minimum absolute atomic E-state index is 0.0468. The lowest BCUT2D eigenvalue weighted by molar-refractivity contribution is 0.0948. The SMILES string of the molecule is COc1cccc(CNC(=O)c2cnc3sc4c(n3c2=O)CCCC4)c1OC. The van der Waals surface area contributed by atoms with E-state index < -0.39 is 5.91 Å². The Bertz CT molecular complexity index is 1100. The van der Waals surface area contributed by atoms with Crippen LogP contribution in [0.5, 0.6) is 11.5 Å². The van der Waals surface area contributed by atoms with E-state index in [4.69, 9.17) is 9.47 Å².